The van der Waals surface area contributed by atoms with E-state index in [4.69, 9.17) is 15.1 Å². The van der Waals surface area contributed by atoms with Crippen molar-refractivity contribution in [2.45, 2.75) is 26.7 Å². The summed E-state index contributed by atoms with van der Waals surface area (Å²) in [5.74, 6) is 1.81. The summed E-state index contributed by atoms with van der Waals surface area (Å²) in [5.41, 5.74) is 3.47. The number of anilines is 1. The van der Waals surface area contributed by atoms with Crippen molar-refractivity contribution in [1.82, 2.24) is 24.6 Å². The monoisotopic (exact) mass is 440 g/mol. The Morgan fingerprint density at radius 3 is 2.36 bits per heavy atom. The minimum Gasteiger partial charge on any atom is -0.354 e. The van der Waals surface area contributed by atoms with Gasteiger partial charge in [0, 0.05) is 38.2 Å². The Morgan fingerprint density at radius 1 is 0.909 bits per heavy atom. The maximum Gasteiger partial charge on any atom is 0.253 e. The highest BCUT2D eigenvalue weighted by atomic mass is 16.2. The van der Waals surface area contributed by atoms with Crippen LogP contribution < -0.4 is 4.90 Å². The van der Waals surface area contributed by atoms with E-state index in [1.807, 2.05) is 77.2 Å². The second kappa shape index (κ2) is 9.02. The molecule has 1 amide bonds. The SMILES string of the molecule is CCc1nc(N2CCCN(C(=O)c3ccccc3)CC2)c2c(C)nn(-c3ccccc3)c2n1. The molecular weight excluding hydrogens is 412 g/mol. The molecule has 3 heterocycles. The van der Waals surface area contributed by atoms with Gasteiger partial charge in [0.05, 0.1) is 16.8 Å². The van der Waals surface area contributed by atoms with E-state index in [0.29, 0.717) is 6.54 Å². The zero-order valence-electron chi connectivity index (χ0n) is 19.1. The predicted octanol–water partition coefficient (Wildman–Crippen LogP) is 4.04. The number of amides is 1. The van der Waals surface area contributed by atoms with Crippen LogP contribution in [0.2, 0.25) is 0 Å². The normalized spacial score (nSPS) is 14.5. The number of aryl methyl sites for hydroxylation is 2. The van der Waals surface area contributed by atoms with E-state index in [2.05, 4.69) is 11.8 Å². The summed E-state index contributed by atoms with van der Waals surface area (Å²) in [4.78, 5) is 27.0. The number of benzene rings is 2. The van der Waals surface area contributed by atoms with E-state index >= 15 is 0 Å². The smallest absolute Gasteiger partial charge is 0.253 e. The van der Waals surface area contributed by atoms with Crippen molar-refractivity contribution in [1.29, 1.82) is 0 Å². The van der Waals surface area contributed by atoms with Crippen LogP contribution in [0.15, 0.2) is 60.7 Å². The molecule has 0 unspecified atom stereocenters. The number of carbonyl (C=O) groups excluding carboxylic acids is 1. The molecule has 1 fully saturated rings. The molecule has 1 aliphatic rings. The summed E-state index contributed by atoms with van der Waals surface area (Å²) >= 11 is 0. The Hall–Kier alpha value is -3.74. The number of fused-ring (bicyclic) bond motifs is 1. The number of para-hydroxylation sites is 1. The van der Waals surface area contributed by atoms with E-state index in [1.165, 1.54) is 0 Å². The lowest BCUT2D eigenvalue weighted by Gasteiger charge is -2.24. The number of hydrogen-bond donors (Lipinski definition) is 0. The Kier molecular flexibility index (Phi) is 5.77. The first-order valence-corrected chi connectivity index (χ1v) is 11.6. The van der Waals surface area contributed by atoms with Crippen molar-refractivity contribution in [3.63, 3.8) is 0 Å². The summed E-state index contributed by atoms with van der Waals surface area (Å²) in [6.45, 7) is 7.05. The summed E-state index contributed by atoms with van der Waals surface area (Å²) in [5, 5.41) is 5.81. The zero-order chi connectivity index (χ0) is 22.8. The third-order valence-corrected chi connectivity index (χ3v) is 6.15. The lowest BCUT2D eigenvalue weighted by molar-refractivity contribution is 0.0767. The molecule has 4 aromatic rings. The standard InChI is InChI=1S/C26H28N6O/c1-3-22-27-24(23-19(2)29-32(25(23)28-22)21-13-8-5-9-14-21)30-15-10-16-31(18-17-30)26(33)20-11-6-4-7-12-20/h4-9,11-14H,3,10,15-18H2,1-2H3. The molecule has 2 aromatic heterocycles. The number of nitrogens with zero attached hydrogens (tertiary/aromatic N) is 6. The Morgan fingerprint density at radius 2 is 1.64 bits per heavy atom. The Labute approximate surface area is 193 Å². The molecule has 0 bridgehead atoms. The highest BCUT2D eigenvalue weighted by Crippen LogP contribution is 2.30. The molecule has 7 nitrogen and oxygen atoms in total. The van der Waals surface area contributed by atoms with Gasteiger partial charge in [-0.25, -0.2) is 14.6 Å². The fourth-order valence-corrected chi connectivity index (χ4v) is 4.44. The number of hydrogen-bond acceptors (Lipinski definition) is 5. The van der Waals surface area contributed by atoms with E-state index < -0.39 is 0 Å². The van der Waals surface area contributed by atoms with Gasteiger partial charge in [0.15, 0.2) is 5.65 Å². The lowest BCUT2D eigenvalue weighted by Crippen LogP contribution is -2.35. The second-order valence-corrected chi connectivity index (χ2v) is 8.35. The molecule has 7 heteroatoms. The average Bonchev–Trinajstić information content (AvgIpc) is 3.04. The van der Waals surface area contributed by atoms with Crippen LogP contribution in [0.25, 0.3) is 16.7 Å². The van der Waals surface area contributed by atoms with Crippen LogP contribution in [0, 0.1) is 6.92 Å². The van der Waals surface area contributed by atoms with Gasteiger partial charge < -0.3 is 9.80 Å². The molecular formula is C26H28N6O. The molecule has 0 spiro atoms. The molecule has 33 heavy (non-hydrogen) atoms. The molecule has 0 N–H and O–H groups in total. The fourth-order valence-electron chi connectivity index (χ4n) is 4.44. The van der Waals surface area contributed by atoms with Gasteiger partial charge in [-0.1, -0.05) is 43.3 Å². The van der Waals surface area contributed by atoms with Crippen molar-refractivity contribution in [2.75, 3.05) is 31.1 Å². The van der Waals surface area contributed by atoms with Crippen molar-refractivity contribution >= 4 is 22.8 Å². The van der Waals surface area contributed by atoms with Crippen LogP contribution in [-0.2, 0) is 6.42 Å². The van der Waals surface area contributed by atoms with Crippen LogP contribution in [0.1, 0.15) is 35.2 Å². The molecule has 2 aromatic carbocycles. The minimum absolute atomic E-state index is 0.0904. The van der Waals surface area contributed by atoms with Crippen LogP contribution in [0.4, 0.5) is 5.82 Å². The van der Waals surface area contributed by atoms with Gasteiger partial charge >= 0.3 is 0 Å². The molecule has 168 valence electrons. The Balaban J connectivity index is 1.49. The van der Waals surface area contributed by atoms with Crippen molar-refractivity contribution in [3.05, 3.63) is 77.7 Å². The van der Waals surface area contributed by atoms with Crippen molar-refractivity contribution in [2.24, 2.45) is 0 Å². The van der Waals surface area contributed by atoms with Gasteiger partial charge in [-0.05, 0) is 37.6 Å². The maximum atomic E-state index is 13.0. The summed E-state index contributed by atoms with van der Waals surface area (Å²) in [6, 6.07) is 19.6. The molecule has 0 radical (unpaired) electrons. The third kappa shape index (κ3) is 4.06. The molecule has 1 aliphatic heterocycles. The van der Waals surface area contributed by atoms with E-state index in [0.717, 1.165) is 72.1 Å². The summed E-state index contributed by atoms with van der Waals surface area (Å²) < 4.78 is 1.91. The van der Waals surface area contributed by atoms with Crippen LogP contribution in [-0.4, -0.2) is 56.7 Å². The van der Waals surface area contributed by atoms with E-state index in [1.54, 1.807) is 0 Å². The van der Waals surface area contributed by atoms with Gasteiger partial charge in [-0.3, -0.25) is 4.79 Å². The lowest BCUT2D eigenvalue weighted by atomic mass is 10.2. The van der Waals surface area contributed by atoms with Gasteiger partial charge in [0.25, 0.3) is 5.91 Å². The first-order chi connectivity index (χ1) is 16.2. The maximum absolute atomic E-state index is 13.0. The largest absolute Gasteiger partial charge is 0.354 e. The number of rotatable bonds is 4. The van der Waals surface area contributed by atoms with Crippen LogP contribution >= 0.6 is 0 Å². The minimum atomic E-state index is 0.0904. The molecule has 0 aliphatic carbocycles. The van der Waals surface area contributed by atoms with Gasteiger partial charge in [0.2, 0.25) is 0 Å². The quantitative estimate of drug-likeness (QED) is 0.479. The van der Waals surface area contributed by atoms with Crippen LogP contribution in [0.3, 0.4) is 0 Å². The Bertz CT molecular complexity index is 1270. The third-order valence-electron chi connectivity index (χ3n) is 6.15. The van der Waals surface area contributed by atoms with Gasteiger partial charge in [-0.2, -0.15) is 5.10 Å². The predicted molar refractivity (Wildman–Crippen MR) is 130 cm³/mol. The average molecular weight is 441 g/mol. The molecule has 1 saturated heterocycles. The van der Waals surface area contributed by atoms with E-state index in [-0.39, 0.29) is 5.91 Å². The highest BCUT2D eigenvalue weighted by Gasteiger charge is 2.25. The van der Waals surface area contributed by atoms with Crippen molar-refractivity contribution < 1.29 is 4.79 Å². The van der Waals surface area contributed by atoms with Crippen LogP contribution in [0.5, 0.6) is 0 Å². The molecule has 0 saturated carbocycles. The number of aromatic nitrogens is 4. The van der Waals surface area contributed by atoms with Gasteiger partial charge in [0.1, 0.15) is 11.6 Å². The summed E-state index contributed by atoms with van der Waals surface area (Å²) in [6.07, 6.45) is 1.63. The topological polar surface area (TPSA) is 67.2 Å². The highest BCUT2D eigenvalue weighted by molar-refractivity contribution is 5.94. The zero-order valence-corrected chi connectivity index (χ0v) is 19.1. The fraction of sp³-hybridized carbons (Fsp3) is 0.308. The molecule has 0 atom stereocenters. The van der Waals surface area contributed by atoms with Gasteiger partial charge in [-0.15, -0.1) is 0 Å². The first kappa shape index (κ1) is 21.1. The van der Waals surface area contributed by atoms with E-state index in [9.17, 15) is 4.79 Å². The first-order valence-electron chi connectivity index (χ1n) is 11.6. The molecule has 5 rings (SSSR count). The number of carbonyl (C=O) groups is 1. The van der Waals surface area contributed by atoms with Crippen molar-refractivity contribution in [3.8, 4) is 5.69 Å². The summed E-state index contributed by atoms with van der Waals surface area (Å²) in [7, 11) is 0. The second-order valence-electron chi connectivity index (χ2n) is 8.35.